The molecule has 30 heavy (non-hydrogen) atoms. The number of aromatic nitrogens is 2. The highest BCUT2D eigenvalue weighted by molar-refractivity contribution is 5.94. The van der Waals surface area contributed by atoms with Crippen LogP contribution in [0.4, 0.5) is 5.69 Å². The average Bonchev–Trinajstić information content (AvgIpc) is 3.21. The van der Waals surface area contributed by atoms with Gasteiger partial charge in [0.15, 0.2) is 11.5 Å². The molecule has 156 valence electrons. The fraction of sp³-hybridized carbons (Fsp3) is 0.250. The van der Waals surface area contributed by atoms with Crippen LogP contribution in [0, 0.1) is 17.0 Å². The summed E-state index contributed by atoms with van der Waals surface area (Å²) in [7, 11) is 4.61. The van der Waals surface area contributed by atoms with Crippen LogP contribution in [0.15, 0.2) is 40.8 Å². The molecular weight excluding hydrogens is 392 g/mol. The summed E-state index contributed by atoms with van der Waals surface area (Å²) < 4.78 is 16.1. The second-order valence-corrected chi connectivity index (χ2v) is 6.49. The average molecular weight is 412 g/mol. The number of hydrogen-bond donors (Lipinski definition) is 0. The fourth-order valence-electron chi connectivity index (χ4n) is 2.84. The van der Waals surface area contributed by atoms with Gasteiger partial charge in [0.1, 0.15) is 0 Å². The molecule has 0 aliphatic heterocycles. The quantitative estimate of drug-likeness (QED) is 0.428. The van der Waals surface area contributed by atoms with Gasteiger partial charge >= 0.3 is 0 Å². The zero-order chi connectivity index (χ0) is 21.8. The number of nitro groups is 1. The van der Waals surface area contributed by atoms with E-state index in [2.05, 4.69) is 10.2 Å². The van der Waals surface area contributed by atoms with Gasteiger partial charge in [-0.25, -0.2) is 0 Å². The van der Waals surface area contributed by atoms with Crippen molar-refractivity contribution in [3.8, 4) is 23.0 Å². The highest BCUT2D eigenvalue weighted by Gasteiger charge is 2.20. The topological polar surface area (TPSA) is 121 Å². The summed E-state index contributed by atoms with van der Waals surface area (Å²) in [6, 6.07) is 9.52. The molecule has 0 atom stereocenters. The van der Waals surface area contributed by atoms with Gasteiger partial charge in [-0.1, -0.05) is 6.07 Å². The molecule has 0 aliphatic rings. The van der Waals surface area contributed by atoms with Gasteiger partial charge in [0.25, 0.3) is 11.6 Å². The van der Waals surface area contributed by atoms with Crippen LogP contribution < -0.4 is 9.47 Å². The molecule has 10 heteroatoms. The van der Waals surface area contributed by atoms with Gasteiger partial charge in [-0.3, -0.25) is 14.9 Å². The second kappa shape index (κ2) is 8.60. The summed E-state index contributed by atoms with van der Waals surface area (Å²) in [5, 5.41) is 19.1. The highest BCUT2D eigenvalue weighted by atomic mass is 16.6. The number of nitro benzene ring substituents is 1. The van der Waals surface area contributed by atoms with Crippen molar-refractivity contribution in [1.29, 1.82) is 0 Å². The Labute approximate surface area is 172 Å². The van der Waals surface area contributed by atoms with E-state index in [-0.39, 0.29) is 29.6 Å². The number of rotatable bonds is 7. The van der Waals surface area contributed by atoms with Gasteiger partial charge in [0.2, 0.25) is 11.8 Å². The van der Waals surface area contributed by atoms with Crippen LogP contribution in [0.25, 0.3) is 11.5 Å². The molecule has 0 radical (unpaired) electrons. The first kappa shape index (κ1) is 20.8. The van der Waals surface area contributed by atoms with E-state index in [0.29, 0.717) is 22.6 Å². The molecule has 0 saturated heterocycles. The minimum absolute atomic E-state index is 0.0425. The van der Waals surface area contributed by atoms with Crippen molar-refractivity contribution >= 4 is 11.6 Å². The van der Waals surface area contributed by atoms with Crippen LogP contribution in [0.3, 0.4) is 0 Å². The molecule has 0 spiro atoms. The number of ether oxygens (including phenoxy) is 2. The number of aryl methyl sites for hydroxylation is 1. The van der Waals surface area contributed by atoms with E-state index in [1.165, 1.54) is 25.2 Å². The third-order valence-corrected chi connectivity index (χ3v) is 4.47. The van der Waals surface area contributed by atoms with Crippen molar-refractivity contribution in [3.63, 3.8) is 0 Å². The van der Waals surface area contributed by atoms with Crippen molar-refractivity contribution in [1.82, 2.24) is 15.1 Å². The maximum absolute atomic E-state index is 12.6. The molecule has 1 heterocycles. The lowest BCUT2D eigenvalue weighted by molar-refractivity contribution is -0.385. The molecule has 0 N–H and O–H groups in total. The minimum Gasteiger partial charge on any atom is -0.493 e. The summed E-state index contributed by atoms with van der Waals surface area (Å²) in [5.41, 5.74) is 1.21. The van der Waals surface area contributed by atoms with E-state index in [9.17, 15) is 14.9 Å². The zero-order valence-corrected chi connectivity index (χ0v) is 16.9. The predicted octanol–water partition coefficient (Wildman–Crippen LogP) is 3.24. The largest absolute Gasteiger partial charge is 0.493 e. The zero-order valence-electron chi connectivity index (χ0n) is 16.9. The lowest BCUT2D eigenvalue weighted by Gasteiger charge is -2.15. The Morgan fingerprint density at radius 1 is 1.13 bits per heavy atom. The molecule has 1 amide bonds. The Balaban J connectivity index is 1.76. The molecule has 3 rings (SSSR count). The van der Waals surface area contributed by atoms with E-state index in [1.54, 1.807) is 44.3 Å². The Kier molecular flexibility index (Phi) is 5.95. The van der Waals surface area contributed by atoms with Crippen molar-refractivity contribution in [2.45, 2.75) is 13.5 Å². The maximum atomic E-state index is 12.6. The van der Waals surface area contributed by atoms with Gasteiger partial charge in [0, 0.05) is 29.8 Å². The van der Waals surface area contributed by atoms with Gasteiger partial charge in [0.05, 0.1) is 25.7 Å². The summed E-state index contributed by atoms with van der Waals surface area (Å²) in [5.74, 6) is 1.17. The Hall–Kier alpha value is -3.95. The number of amides is 1. The van der Waals surface area contributed by atoms with E-state index < -0.39 is 10.8 Å². The predicted molar refractivity (Wildman–Crippen MR) is 106 cm³/mol. The number of methoxy groups -OCH3 is 2. The fourth-order valence-corrected chi connectivity index (χ4v) is 2.84. The van der Waals surface area contributed by atoms with E-state index in [0.717, 1.165) is 0 Å². The van der Waals surface area contributed by atoms with Crippen LogP contribution in [0.1, 0.15) is 21.8 Å². The third kappa shape index (κ3) is 4.22. The van der Waals surface area contributed by atoms with Crippen LogP contribution in [-0.2, 0) is 6.54 Å². The maximum Gasteiger partial charge on any atom is 0.273 e. The van der Waals surface area contributed by atoms with E-state index in [4.69, 9.17) is 13.9 Å². The second-order valence-electron chi connectivity index (χ2n) is 6.49. The summed E-state index contributed by atoms with van der Waals surface area (Å²) in [4.78, 5) is 24.6. The third-order valence-electron chi connectivity index (χ3n) is 4.47. The first-order valence-corrected chi connectivity index (χ1v) is 8.89. The molecule has 0 aliphatic carbocycles. The van der Waals surface area contributed by atoms with Crippen molar-refractivity contribution in [2.24, 2.45) is 0 Å². The summed E-state index contributed by atoms with van der Waals surface area (Å²) in [6.45, 7) is 1.66. The smallest absolute Gasteiger partial charge is 0.273 e. The lowest BCUT2D eigenvalue weighted by atomic mass is 10.1. The minimum atomic E-state index is -0.514. The summed E-state index contributed by atoms with van der Waals surface area (Å²) in [6.07, 6.45) is 0. The van der Waals surface area contributed by atoms with Crippen LogP contribution in [0.5, 0.6) is 11.5 Å². The van der Waals surface area contributed by atoms with Crippen LogP contribution in [0.2, 0.25) is 0 Å². The number of carbonyl (C=O) groups is 1. The number of carbonyl (C=O) groups excluding carboxylic acids is 1. The molecule has 3 aromatic rings. The SMILES string of the molecule is COc1ccc(-c2nnc(CN(C)C(=O)c3ccc(C)c([N+](=O)[O-])c3)o2)cc1OC. The van der Waals surface area contributed by atoms with Crippen LogP contribution in [-0.4, -0.2) is 47.2 Å². The van der Waals surface area contributed by atoms with Crippen LogP contribution >= 0.6 is 0 Å². The lowest BCUT2D eigenvalue weighted by Crippen LogP contribution is -2.26. The molecular formula is C20H20N4O6. The first-order chi connectivity index (χ1) is 14.3. The molecule has 10 nitrogen and oxygen atoms in total. The Morgan fingerprint density at radius 2 is 1.87 bits per heavy atom. The van der Waals surface area contributed by atoms with Gasteiger partial charge in [-0.2, -0.15) is 0 Å². The number of nitrogens with zero attached hydrogens (tertiary/aromatic N) is 4. The Bertz CT molecular complexity index is 1090. The van der Waals surface area contributed by atoms with Crippen molar-refractivity contribution in [2.75, 3.05) is 21.3 Å². The molecule has 0 bridgehead atoms. The molecule has 0 fully saturated rings. The standard InChI is InChI=1S/C20H20N4O6/c1-12-5-6-14(9-15(12)24(26)27)20(25)23(2)11-18-21-22-19(30-18)13-7-8-16(28-3)17(10-13)29-4/h5-10H,11H2,1-4H3. The normalized spacial score (nSPS) is 10.5. The highest BCUT2D eigenvalue weighted by Crippen LogP contribution is 2.31. The van der Waals surface area contributed by atoms with E-state index in [1.807, 2.05) is 0 Å². The molecule has 1 aromatic heterocycles. The first-order valence-electron chi connectivity index (χ1n) is 8.89. The molecule has 0 unspecified atom stereocenters. The Morgan fingerprint density at radius 3 is 2.53 bits per heavy atom. The van der Waals surface area contributed by atoms with Crippen molar-refractivity contribution in [3.05, 3.63) is 63.5 Å². The van der Waals surface area contributed by atoms with Gasteiger partial charge in [-0.15, -0.1) is 10.2 Å². The number of benzene rings is 2. The van der Waals surface area contributed by atoms with Gasteiger partial charge < -0.3 is 18.8 Å². The monoisotopic (exact) mass is 412 g/mol. The summed E-state index contributed by atoms with van der Waals surface area (Å²) >= 11 is 0. The molecule has 0 saturated carbocycles. The van der Waals surface area contributed by atoms with Crippen molar-refractivity contribution < 1.29 is 23.6 Å². The number of hydrogen-bond acceptors (Lipinski definition) is 8. The van der Waals surface area contributed by atoms with Gasteiger partial charge in [-0.05, 0) is 31.2 Å². The van der Waals surface area contributed by atoms with E-state index >= 15 is 0 Å². The molecule has 2 aromatic carbocycles.